The molecule has 0 aliphatic carbocycles. The highest BCUT2D eigenvalue weighted by Gasteiger charge is 2.20. The van der Waals surface area contributed by atoms with Crippen LogP contribution in [0.1, 0.15) is 25.6 Å². The average molecular weight is 425 g/mol. The van der Waals surface area contributed by atoms with Crippen molar-refractivity contribution in [3.05, 3.63) is 5.82 Å². The summed E-state index contributed by atoms with van der Waals surface area (Å²) in [6.45, 7) is 10.6. The van der Waals surface area contributed by atoms with Gasteiger partial charge in [0.1, 0.15) is 5.82 Å². The van der Waals surface area contributed by atoms with Crippen LogP contribution in [0.2, 0.25) is 0 Å². The SMILES string of the molecule is CCc1nsc(N2CCCN(CCC(=O)N3CCNCC3)CC2)n1.Cl.Cl. The molecule has 1 aromatic rings. The lowest BCUT2D eigenvalue weighted by Gasteiger charge is -2.28. The van der Waals surface area contributed by atoms with Gasteiger partial charge in [0.25, 0.3) is 0 Å². The maximum absolute atomic E-state index is 12.3. The number of anilines is 1. The van der Waals surface area contributed by atoms with Gasteiger partial charge in [-0.1, -0.05) is 6.92 Å². The predicted octanol–water partition coefficient (Wildman–Crippen LogP) is 1.28. The molecule has 10 heteroatoms. The highest BCUT2D eigenvalue weighted by Crippen LogP contribution is 2.19. The summed E-state index contributed by atoms with van der Waals surface area (Å²) in [7, 11) is 0. The molecule has 2 aliphatic heterocycles. The largest absolute Gasteiger partial charge is 0.346 e. The lowest BCUT2D eigenvalue weighted by molar-refractivity contribution is -0.132. The van der Waals surface area contributed by atoms with Crippen molar-refractivity contribution in [3.8, 4) is 0 Å². The Morgan fingerprint density at radius 2 is 1.88 bits per heavy atom. The number of hydrogen-bond acceptors (Lipinski definition) is 7. The first kappa shape index (κ1) is 23.4. The van der Waals surface area contributed by atoms with Crippen molar-refractivity contribution in [2.24, 2.45) is 0 Å². The van der Waals surface area contributed by atoms with Crippen molar-refractivity contribution >= 4 is 47.4 Å². The number of rotatable bonds is 5. The number of aromatic nitrogens is 2. The summed E-state index contributed by atoms with van der Waals surface area (Å²) in [6, 6.07) is 0. The van der Waals surface area contributed by atoms with Gasteiger partial charge >= 0.3 is 0 Å². The smallest absolute Gasteiger partial charge is 0.223 e. The van der Waals surface area contributed by atoms with Crippen LogP contribution in [0.15, 0.2) is 0 Å². The highest BCUT2D eigenvalue weighted by atomic mass is 35.5. The summed E-state index contributed by atoms with van der Waals surface area (Å²) < 4.78 is 4.39. The minimum absolute atomic E-state index is 0. The summed E-state index contributed by atoms with van der Waals surface area (Å²) in [6.07, 6.45) is 2.65. The van der Waals surface area contributed by atoms with E-state index in [4.69, 9.17) is 0 Å². The van der Waals surface area contributed by atoms with E-state index in [0.717, 1.165) is 82.7 Å². The molecule has 1 aromatic heterocycles. The second kappa shape index (κ2) is 11.9. The van der Waals surface area contributed by atoms with Gasteiger partial charge in [-0.2, -0.15) is 4.37 Å². The van der Waals surface area contributed by atoms with E-state index >= 15 is 0 Å². The quantitative estimate of drug-likeness (QED) is 0.767. The van der Waals surface area contributed by atoms with E-state index in [2.05, 4.69) is 31.4 Å². The molecule has 0 bridgehead atoms. The van der Waals surface area contributed by atoms with Gasteiger partial charge in [-0.25, -0.2) is 4.98 Å². The number of amides is 1. The molecule has 3 heterocycles. The Bertz CT molecular complexity index is 541. The fourth-order valence-corrected chi connectivity index (χ4v) is 4.03. The molecule has 2 fully saturated rings. The fourth-order valence-electron chi connectivity index (χ4n) is 3.23. The van der Waals surface area contributed by atoms with E-state index in [0.29, 0.717) is 12.3 Å². The molecule has 1 amide bonds. The number of carbonyl (C=O) groups excluding carboxylic acids is 1. The summed E-state index contributed by atoms with van der Waals surface area (Å²) in [5.74, 6) is 1.24. The molecule has 0 radical (unpaired) electrons. The average Bonchev–Trinajstić information content (AvgIpc) is 2.99. The molecule has 2 aliphatic rings. The molecule has 26 heavy (non-hydrogen) atoms. The molecule has 1 N–H and O–H groups in total. The third kappa shape index (κ3) is 6.49. The van der Waals surface area contributed by atoms with Crippen molar-refractivity contribution < 1.29 is 4.79 Å². The summed E-state index contributed by atoms with van der Waals surface area (Å²) in [5, 5.41) is 4.34. The van der Waals surface area contributed by atoms with Crippen molar-refractivity contribution in [1.29, 1.82) is 0 Å². The third-order valence-corrected chi connectivity index (χ3v) is 5.56. The van der Waals surface area contributed by atoms with Crippen LogP contribution < -0.4 is 10.2 Å². The third-order valence-electron chi connectivity index (χ3n) is 4.74. The monoisotopic (exact) mass is 424 g/mol. The Morgan fingerprint density at radius 3 is 2.58 bits per heavy atom. The number of nitrogens with one attached hydrogen (secondary N) is 1. The van der Waals surface area contributed by atoms with E-state index in [1.54, 1.807) is 0 Å². The van der Waals surface area contributed by atoms with Crippen molar-refractivity contribution in [2.45, 2.75) is 26.2 Å². The summed E-state index contributed by atoms with van der Waals surface area (Å²) >= 11 is 1.51. The number of halogens is 2. The number of piperazine rings is 1. The van der Waals surface area contributed by atoms with Gasteiger partial charge in [-0.05, 0) is 13.0 Å². The van der Waals surface area contributed by atoms with Gasteiger partial charge < -0.3 is 20.0 Å². The van der Waals surface area contributed by atoms with Gasteiger partial charge in [0.05, 0.1) is 0 Å². The molecule has 0 saturated carbocycles. The van der Waals surface area contributed by atoms with Crippen LogP contribution in [-0.2, 0) is 11.2 Å². The Hall–Kier alpha value is -0.670. The van der Waals surface area contributed by atoms with E-state index in [9.17, 15) is 4.79 Å². The standard InChI is InChI=1S/C16H28N6OS.2ClH/c1-2-14-18-16(24-19-14)22-8-3-7-20(12-13-22)9-4-15(23)21-10-5-17-6-11-21;;/h17H,2-13H2,1H3;2*1H. The zero-order chi connectivity index (χ0) is 16.8. The van der Waals surface area contributed by atoms with Crippen LogP contribution >= 0.6 is 36.3 Å². The Balaban J connectivity index is 0.00000169. The topological polar surface area (TPSA) is 64.6 Å². The molecule has 150 valence electrons. The molecule has 7 nitrogen and oxygen atoms in total. The van der Waals surface area contributed by atoms with Crippen molar-refractivity contribution in [1.82, 2.24) is 24.5 Å². The Morgan fingerprint density at radius 1 is 1.12 bits per heavy atom. The molecule has 0 aromatic carbocycles. The molecule has 0 unspecified atom stereocenters. The lowest BCUT2D eigenvalue weighted by atomic mass is 10.3. The second-order valence-corrected chi connectivity index (χ2v) is 7.14. The van der Waals surface area contributed by atoms with Crippen LogP contribution in [0.25, 0.3) is 0 Å². The zero-order valence-electron chi connectivity index (χ0n) is 15.4. The van der Waals surface area contributed by atoms with Crippen LogP contribution in [0.5, 0.6) is 0 Å². The normalized spacial score (nSPS) is 18.7. The van der Waals surface area contributed by atoms with E-state index in [-0.39, 0.29) is 24.8 Å². The van der Waals surface area contributed by atoms with Gasteiger partial charge in [0, 0.05) is 76.7 Å². The molecular weight excluding hydrogens is 395 g/mol. The molecular formula is C16H30Cl2N6OS. The number of hydrogen-bond donors (Lipinski definition) is 1. The fraction of sp³-hybridized carbons (Fsp3) is 0.812. The van der Waals surface area contributed by atoms with Gasteiger partial charge in [-0.3, -0.25) is 4.79 Å². The van der Waals surface area contributed by atoms with Crippen LogP contribution in [0, 0.1) is 0 Å². The maximum Gasteiger partial charge on any atom is 0.223 e. The number of nitrogens with zero attached hydrogens (tertiary/aromatic N) is 5. The van der Waals surface area contributed by atoms with E-state index in [1.807, 2.05) is 4.90 Å². The van der Waals surface area contributed by atoms with Crippen molar-refractivity contribution in [2.75, 3.05) is 63.8 Å². The minimum Gasteiger partial charge on any atom is -0.346 e. The highest BCUT2D eigenvalue weighted by molar-refractivity contribution is 7.09. The first-order valence-electron chi connectivity index (χ1n) is 9.04. The minimum atomic E-state index is 0. The van der Waals surface area contributed by atoms with E-state index in [1.165, 1.54) is 11.5 Å². The molecule has 3 rings (SSSR count). The van der Waals surface area contributed by atoms with Crippen LogP contribution in [0.4, 0.5) is 5.13 Å². The zero-order valence-corrected chi connectivity index (χ0v) is 17.8. The number of carbonyl (C=O) groups is 1. The molecule has 2 saturated heterocycles. The Kier molecular flexibility index (Phi) is 10.7. The summed E-state index contributed by atoms with van der Waals surface area (Å²) in [5.41, 5.74) is 0. The maximum atomic E-state index is 12.3. The van der Waals surface area contributed by atoms with Gasteiger partial charge in [0.2, 0.25) is 11.0 Å². The van der Waals surface area contributed by atoms with Crippen LogP contribution in [-0.4, -0.2) is 84.0 Å². The van der Waals surface area contributed by atoms with Crippen molar-refractivity contribution in [3.63, 3.8) is 0 Å². The summed E-state index contributed by atoms with van der Waals surface area (Å²) in [4.78, 5) is 23.7. The Labute approximate surface area is 172 Å². The predicted molar refractivity (Wildman–Crippen MR) is 111 cm³/mol. The molecule has 0 atom stereocenters. The first-order valence-corrected chi connectivity index (χ1v) is 9.82. The number of aryl methyl sites for hydroxylation is 1. The lowest BCUT2D eigenvalue weighted by Crippen LogP contribution is -2.47. The van der Waals surface area contributed by atoms with Gasteiger partial charge in [-0.15, -0.1) is 24.8 Å². The van der Waals surface area contributed by atoms with Crippen LogP contribution in [0.3, 0.4) is 0 Å². The van der Waals surface area contributed by atoms with Gasteiger partial charge in [0.15, 0.2) is 0 Å². The van der Waals surface area contributed by atoms with E-state index < -0.39 is 0 Å². The molecule has 0 spiro atoms. The first-order chi connectivity index (χ1) is 11.8. The second-order valence-electron chi connectivity index (χ2n) is 6.41.